The van der Waals surface area contributed by atoms with Gasteiger partial charge in [-0.05, 0) is 48.9 Å². The number of hydrogen-bond acceptors (Lipinski definition) is 4. The first-order valence-corrected chi connectivity index (χ1v) is 9.36. The second-order valence-electron chi connectivity index (χ2n) is 6.72. The monoisotopic (exact) mass is 382 g/mol. The summed E-state index contributed by atoms with van der Waals surface area (Å²) in [5.41, 5.74) is 3.23. The van der Waals surface area contributed by atoms with Gasteiger partial charge < -0.3 is 4.74 Å². The van der Waals surface area contributed by atoms with Gasteiger partial charge in [-0.15, -0.1) is 0 Å². The van der Waals surface area contributed by atoms with Crippen LogP contribution in [-0.2, 0) is 11.2 Å². The summed E-state index contributed by atoms with van der Waals surface area (Å²) >= 11 is 6.41. The largest absolute Gasteiger partial charge is 0.465 e. The molecular weight excluding hydrogens is 364 g/mol. The van der Waals surface area contributed by atoms with Gasteiger partial charge >= 0.3 is 5.97 Å². The second kappa shape index (κ2) is 6.82. The smallest absolute Gasteiger partial charge is 0.337 e. The van der Waals surface area contributed by atoms with Crippen LogP contribution in [0.5, 0.6) is 0 Å². The second-order valence-corrected chi connectivity index (χ2v) is 7.13. The minimum Gasteiger partial charge on any atom is -0.465 e. The Bertz CT molecular complexity index is 1070. The van der Waals surface area contributed by atoms with E-state index in [9.17, 15) is 9.59 Å². The van der Waals surface area contributed by atoms with Crippen LogP contribution in [0.15, 0.2) is 36.4 Å². The molecule has 1 aliphatic carbocycles. The van der Waals surface area contributed by atoms with Crippen LogP contribution >= 0.6 is 11.6 Å². The van der Waals surface area contributed by atoms with Crippen LogP contribution in [0.3, 0.4) is 0 Å². The van der Waals surface area contributed by atoms with Gasteiger partial charge in [0, 0.05) is 5.39 Å². The molecule has 0 amide bonds. The number of methoxy groups -OCH3 is 1. The van der Waals surface area contributed by atoms with Gasteiger partial charge in [-0.1, -0.05) is 36.7 Å². The fraction of sp³-hybridized carbons (Fsp3) is 0.286. The molecule has 0 spiro atoms. The molecule has 4 rings (SSSR count). The fourth-order valence-electron chi connectivity index (χ4n) is 3.45. The lowest BCUT2D eigenvalue weighted by molar-refractivity contribution is 0.0600. The Kier molecular flexibility index (Phi) is 4.48. The van der Waals surface area contributed by atoms with E-state index in [2.05, 4.69) is 5.10 Å². The van der Waals surface area contributed by atoms with Crippen LogP contribution < -0.4 is 0 Å². The number of halogens is 1. The summed E-state index contributed by atoms with van der Waals surface area (Å²) in [5.74, 6) is -0.346. The van der Waals surface area contributed by atoms with E-state index in [-0.39, 0.29) is 5.91 Å². The van der Waals surface area contributed by atoms with Crippen LogP contribution in [0.25, 0.3) is 10.9 Å². The van der Waals surface area contributed by atoms with Crippen molar-refractivity contribution in [3.8, 4) is 0 Å². The van der Waals surface area contributed by atoms with Crippen molar-refractivity contribution in [1.29, 1.82) is 0 Å². The van der Waals surface area contributed by atoms with Crippen molar-refractivity contribution in [1.82, 2.24) is 9.78 Å². The van der Waals surface area contributed by atoms with E-state index in [0.29, 0.717) is 34.0 Å². The maximum Gasteiger partial charge on any atom is 0.337 e. The minimum absolute atomic E-state index is 0.269. The SMILES string of the molecule is CCc1nn(C(=O)c2c(Cl)cccc2C2CC2)c2cc(C(=O)OC)ccc12. The van der Waals surface area contributed by atoms with Gasteiger partial charge in [-0.2, -0.15) is 9.78 Å². The normalized spacial score (nSPS) is 13.7. The Labute approximate surface area is 161 Å². The Balaban J connectivity index is 1.91. The summed E-state index contributed by atoms with van der Waals surface area (Å²) in [6.07, 6.45) is 2.80. The van der Waals surface area contributed by atoms with E-state index in [1.807, 2.05) is 25.1 Å². The summed E-state index contributed by atoms with van der Waals surface area (Å²) in [6, 6.07) is 10.7. The number of aromatic nitrogens is 2. The molecule has 0 aliphatic heterocycles. The molecule has 2 aromatic carbocycles. The minimum atomic E-state index is -0.452. The summed E-state index contributed by atoms with van der Waals surface area (Å²) in [6.45, 7) is 1.98. The molecule has 138 valence electrons. The summed E-state index contributed by atoms with van der Waals surface area (Å²) in [4.78, 5) is 25.3. The highest BCUT2D eigenvalue weighted by atomic mass is 35.5. The van der Waals surface area contributed by atoms with Gasteiger partial charge in [0.2, 0.25) is 0 Å². The Morgan fingerprint density at radius 2 is 2.04 bits per heavy atom. The molecule has 1 aromatic heterocycles. The molecule has 3 aromatic rings. The standard InChI is InChI=1S/C21H19ClN2O3/c1-3-17-15-10-9-13(21(26)27-2)11-18(15)24(23-17)20(25)19-14(12-7-8-12)5-4-6-16(19)22/h4-6,9-12H,3,7-8H2,1-2H3. The average molecular weight is 383 g/mol. The highest BCUT2D eigenvalue weighted by molar-refractivity contribution is 6.34. The van der Waals surface area contributed by atoms with E-state index >= 15 is 0 Å². The van der Waals surface area contributed by atoms with Crippen molar-refractivity contribution in [2.24, 2.45) is 0 Å². The predicted molar refractivity (Wildman–Crippen MR) is 104 cm³/mol. The lowest BCUT2D eigenvalue weighted by Crippen LogP contribution is -2.16. The number of hydrogen-bond donors (Lipinski definition) is 0. The molecule has 5 nitrogen and oxygen atoms in total. The molecular formula is C21H19ClN2O3. The molecule has 0 N–H and O–H groups in total. The number of benzene rings is 2. The lowest BCUT2D eigenvalue weighted by Gasteiger charge is -2.10. The zero-order valence-corrected chi connectivity index (χ0v) is 15.9. The number of rotatable bonds is 4. The van der Waals surface area contributed by atoms with Crippen molar-refractivity contribution < 1.29 is 14.3 Å². The molecule has 0 radical (unpaired) electrons. The first-order chi connectivity index (χ1) is 13.0. The van der Waals surface area contributed by atoms with Gasteiger partial charge in [-0.3, -0.25) is 4.79 Å². The van der Waals surface area contributed by atoms with Crippen molar-refractivity contribution in [2.45, 2.75) is 32.1 Å². The van der Waals surface area contributed by atoms with Crippen molar-refractivity contribution in [2.75, 3.05) is 7.11 Å². The quantitative estimate of drug-likeness (QED) is 0.618. The fourth-order valence-corrected chi connectivity index (χ4v) is 3.71. The van der Waals surface area contributed by atoms with E-state index in [1.54, 1.807) is 18.2 Å². The van der Waals surface area contributed by atoms with E-state index in [1.165, 1.54) is 11.8 Å². The van der Waals surface area contributed by atoms with Gasteiger partial charge in [0.05, 0.1) is 34.5 Å². The number of carbonyl (C=O) groups is 2. The van der Waals surface area contributed by atoms with E-state index in [0.717, 1.165) is 29.5 Å². The first kappa shape index (κ1) is 17.7. The molecule has 1 heterocycles. The number of esters is 1. The Hall–Kier alpha value is -2.66. The molecule has 1 aliphatic rings. The summed E-state index contributed by atoms with van der Waals surface area (Å²) in [7, 11) is 1.33. The topological polar surface area (TPSA) is 61.2 Å². The average Bonchev–Trinajstić information content (AvgIpc) is 3.47. The Morgan fingerprint density at radius 3 is 2.70 bits per heavy atom. The van der Waals surface area contributed by atoms with Crippen LogP contribution in [0.2, 0.25) is 5.02 Å². The number of carbonyl (C=O) groups excluding carboxylic acids is 2. The van der Waals surface area contributed by atoms with Crippen LogP contribution in [0, 0.1) is 0 Å². The Morgan fingerprint density at radius 1 is 1.26 bits per heavy atom. The zero-order chi connectivity index (χ0) is 19.1. The van der Waals surface area contributed by atoms with Gasteiger partial charge in [0.1, 0.15) is 0 Å². The predicted octanol–water partition coefficient (Wildman–Crippen LogP) is 4.60. The van der Waals surface area contributed by atoms with Crippen LogP contribution in [0.4, 0.5) is 0 Å². The van der Waals surface area contributed by atoms with Crippen molar-refractivity contribution in [3.63, 3.8) is 0 Å². The molecule has 1 saturated carbocycles. The molecule has 0 bridgehead atoms. The van der Waals surface area contributed by atoms with E-state index in [4.69, 9.17) is 16.3 Å². The maximum absolute atomic E-state index is 13.4. The van der Waals surface area contributed by atoms with Crippen molar-refractivity contribution >= 4 is 34.4 Å². The number of nitrogens with zero attached hydrogens (tertiary/aromatic N) is 2. The van der Waals surface area contributed by atoms with Crippen LogP contribution in [0.1, 0.15) is 57.7 Å². The third-order valence-electron chi connectivity index (χ3n) is 4.98. The zero-order valence-electron chi connectivity index (χ0n) is 15.2. The summed E-state index contributed by atoms with van der Waals surface area (Å²) in [5, 5.41) is 5.80. The van der Waals surface area contributed by atoms with E-state index < -0.39 is 5.97 Å². The molecule has 27 heavy (non-hydrogen) atoms. The molecule has 0 atom stereocenters. The molecule has 0 saturated heterocycles. The van der Waals surface area contributed by atoms with Crippen LogP contribution in [-0.4, -0.2) is 28.8 Å². The van der Waals surface area contributed by atoms with Gasteiger partial charge in [-0.25, -0.2) is 4.79 Å². The third kappa shape index (κ3) is 3.02. The number of aryl methyl sites for hydroxylation is 1. The first-order valence-electron chi connectivity index (χ1n) is 8.98. The third-order valence-corrected chi connectivity index (χ3v) is 5.30. The van der Waals surface area contributed by atoms with Gasteiger partial charge in [0.15, 0.2) is 0 Å². The molecule has 6 heteroatoms. The summed E-state index contributed by atoms with van der Waals surface area (Å²) < 4.78 is 6.18. The highest BCUT2D eigenvalue weighted by Gasteiger charge is 2.31. The number of fused-ring (bicyclic) bond motifs is 1. The highest BCUT2D eigenvalue weighted by Crippen LogP contribution is 2.43. The molecule has 0 unspecified atom stereocenters. The maximum atomic E-state index is 13.4. The number of ether oxygens (including phenoxy) is 1. The molecule has 1 fully saturated rings. The lowest BCUT2D eigenvalue weighted by atomic mass is 10.0. The van der Waals surface area contributed by atoms with Gasteiger partial charge in [0.25, 0.3) is 5.91 Å². The van der Waals surface area contributed by atoms with Crippen molar-refractivity contribution in [3.05, 3.63) is 63.8 Å².